The van der Waals surface area contributed by atoms with E-state index >= 15 is 0 Å². The highest BCUT2D eigenvalue weighted by Gasteiger charge is 2.11. The van der Waals surface area contributed by atoms with Crippen LogP contribution < -0.4 is 11.0 Å². The van der Waals surface area contributed by atoms with Gasteiger partial charge in [-0.2, -0.15) is 0 Å². The number of pyridine rings is 1. The number of H-pyrrole nitrogens is 2. The Morgan fingerprint density at radius 1 is 0.867 bits per heavy atom. The van der Waals surface area contributed by atoms with Crippen molar-refractivity contribution in [2.75, 3.05) is 12.4 Å². The van der Waals surface area contributed by atoms with Crippen LogP contribution in [0.25, 0.3) is 44.5 Å². The van der Waals surface area contributed by atoms with E-state index in [1.807, 2.05) is 63.4 Å². The second kappa shape index (κ2) is 8.16. The molecule has 7 nitrogen and oxygen atoms in total. The quantitative estimate of drug-likeness (QED) is 0.413. The van der Waals surface area contributed by atoms with Crippen LogP contribution in [0.3, 0.4) is 0 Å². The molecule has 5 aromatic rings. The summed E-state index contributed by atoms with van der Waals surface area (Å²) >= 11 is 0. The van der Waals surface area contributed by atoms with E-state index in [4.69, 9.17) is 4.98 Å². The SMILES string of the molecule is CC.CNc1nc(-c2cccnc2)nc2ccc(-c3ccc4[nH]c(=O)[nH]c4c3)cc12. The van der Waals surface area contributed by atoms with Crippen LogP contribution in [-0.2, 0) is 0 Å². The van der Waals surface area contributed by atoms with Gasteiger partial charge in [-0.15, -0.1) is 0 Å². The van der Waals surface area contributed by atoms with Crippen molar-refractivity contribution in [3.05, 3.63) is 71.4 Å². The summed E-state index contributed by atoms with van der Waals surface area (Å²) in [5, 5.41) is 4.09. The Balaban J connectivity index is 0.00000106. The average molecular weight is 398 g/mol. The molecule has 3 N–H and O–H groups in total. The van der Waals surface area contributed by atoms with Gasteiger partial charge in [0.25, 0.3) is 0 Å². The van der Waals surface area contributed by atoms with E-state index < -0.39 is 0 Å². The van der Waals surface area contributed by atoms with E-state index in [0.717, 1.165) is 44.4 Å². The second-order valence-electron chi connectivity index (χ2n) is 6.46. The maximum absolute atomic E-state index is 11.5. The number of benzene rings is 2. The summed E-state index contributed by atoms with van der Waals surface area (Å²) in [7, 11) is 1.85. The Morgan fingerprint density at radius 3 is 2.40 bits per heavy atom. The maximum atomic E-state index is 11.5. The third-order valence-corrected chi connectivity index (χ3v) is 4.70. The summed E-state index contributed by atoms with van der Waals surface area (Å²) in [6.45, 7) is 4.00. The van der Waals surface area contributed by atoms with Crippen molar-refractivity contribution in [2.24, 2.45) is 0 Å². The lowest BCUT2D eigenvalue weighted by molar-refractivity contribution is 1.20. The monoisotopic (exact) mass is 398 g/mol. The van der Waals surface area contributed by atoms with Crippen molar-refractivity contribution >= 4 is 27.8 Å². The first-order valence-corrected chi connectivity index (χ1v) is 9.84. The highest BCUT2D eigenvalue weighted by molar-refractivity contribution is 5.94. The predicted octanol–water partition coefficient (Wildman–Crippen LogP) is 4.60. The molecule has 0 unspecified atom stereocenters. The van der Waals surface area contributed by atoms with E-state index in [1.54, 1.807) is 12.4 Å². The van der Waals surface area contributed by atoms with Gasteiger partial charge in [-0.25, -0.2) is 14.8 Å². The van der Waals surface area contributed by atoms with E-state index in [1.165, 1.54) is 0 Å². The van der Waals surface area contributed by atoms with Crippen LogP contribution in [0.5, 0.6) is 0 Å². The van der Waals surface area contributed by atoms with Crippen LogP contribution in [0.1, 0.15) is 13.8 Å². The molecule has 7 heteroatoms. The predicted molar refractivity (Wildman–Crippen MR) is 122 cm³/mol. The van der Waals surface area contributed by atoms with Crippen molar-refractivity contribution in [3.63, 3.8) is 0 Å². The molecule has 0 fully saturated rings. The highest BCUT2D eigenvalue weighted by Crippen LogP contribution is 2.30. The summed E-state index contributed by atoms with van der Waals surface area (Å²) in [6.07, 6.45) is 3.48. The molecule has 0 spiro atoms. The zero-order chi connectivity index (χ0) is 21.1. The van der Waals surface area contributed by atoms with Crippen LogP contribution in [0.4, 0.5) is 5.82 Å². The number of hydrogen-bond acceptors (Lipinski definition) is 5. The summed E-state index contributed by atoms with van der Waals surface area (Å²) in [5.41, 5.74) is 5.09. The van der Waals surface area contributed by atoms with Gasteiger partial charge in [-0.3, -0.25) is 4.98 Å². The van der Waals surface area contributed by atoms with Crippen LogP contribution in [-0.4, -0.2) is 32.0 Å². The zero-order valence-electron chi connectivity index (χ0n) is 17.0. The molecular weight excluding hydrogens is 376 g/mol. The van der Waals surface area contributed by atoms with Crippen LogP contribution in [0.15, 0.2) is 65.7 Å². The van der Waals surface area contributed by atoms with Gasteiger partial charge in [0.2, 0.25) is 0 Å². The first-order valence-electron chi connectivity index (χ1n) is 9.84. The number of anilines is 1. The molecule has 30 heavy (non-hydrogen) atoms. The first kappa shape index (κ1) is 19.3. The van der Waals surface area contributed by atoms with E-state index in [0.29, 0.717) is 5.82 Å². The standard InChI is InChI=1S/C21H16N6O.C2H6/c1-22-20-15-9-12(13-5-7-17-18(10-13)26-21(28)25-17)4-6-16(15)24-19(27-20)14-3-2-8-23-11-14;1-2/h2-11H,1H3,(H,22,24,27)(H2,25,26,28);1-2H3. The molecule has 5 rings (SSSR count). The smallest absolute Gasteiger partial charge is 0.323 e. The van der Waals surface area contributed by atoms with Gasteiger partial charge in [-0.1, -0.05) is 26.0 Å². The molecule has 0 aliphatic carbocycles. The van der Waals surface area contributed by atoms with Gasteiger partial charge in [0.05, 0.1) is 16.6 Å². The largest absolute Gasteiger partial charge is 0.373 e. The molecule has 0 aliphatic heterocycles. The molecule has 0 saturated heterocycles. The first-order chi connectivity index (χ1) is 14.7. The molecule has 3 aromatic heterocycles. The molecule has 3 heterocycles. The van der Waals surface area contributed by atoms with Crippen LogP contribution >= 0.6 is 0 Å². The van der Waals surface area contributed by atoms with E-state index in [-0.39, 0.29) is 5.69 Å². The van der Waals surface area contributed by atoms with Gasteiger partial charge in [-0.05, 0) is 47.5 Å². The number of imidazole rings is 1. The number of nitrogens with zero attached hydrogens (tertiary/aromatic N) is 3. The van der Waals surface area contributed by atoms with Gasteiger partial charge in [0, 0.05) is 30.4 Å². The average Bonchev–Trinajstić information content (AvgIpc) is 3.19. The summed E-state index contributed by atoms with van der Waals surface area (Å²) in [6, 6.07) is 15.7. The molecule has 0 atom stereocenters. The Morgan fingerprint density at radius 2 is 1.63 bits per heavy atom. The summed E-state index contributed by atoms with van der Waals surface area (Å²) in [4.78, 5) is 30.6. The fourth-order valence-electron chi connectivity index (χ4n) is 3.33. The number of aromatic nitrogens is 5. The Labute approximate surface area is 173 Å². The number of nitrogens with one attached hydrogen (secondary N) is 3. The minimum atomic E-state index is -0.209. The van der Waals surface area contributed by atoms with E-state index in [2.05, 4.69) is 31.3 Å². The Bertz CT molecular complexity index is 1370. The molecule has 0 aliphatic rings. The Kier molecular flexibility index (Phi) is 5.26. The Hall–Kier alpha value is -4.00. The van der Waals surface area contributed by atoms with Gasteiger partial charge in [0.15, 0.2) is 5.82 Å². The summed E-state index contributed by atoms with van der Waals surface area (Å²) in [5.74, 6) is 1.38. The number of fused-ring (bicyclic) bond motifs is 2. The van der Waals surface area contributed by atoms with Crippen LogP contribution in [0.2, 0.25) is 0 Å². The van der Waals surface area contributed by atoms with E-state index in [9.17, 15) is 4.79 Å². The van der Waals surface area contributed by atoms with Gasteiger partial charge >= 0.3 is 5.69 Å². The molecule has 2 aromatic carbocycles. The summed E-state index contributed by atoms with van der Waals surface area (Å²) < 4.78 is 0. The minimum absolute atomic E-state index is 0.209. The highest BCUT2D eigenvalue weighted by atomic mass is 16.1. The molecular formula is C23H22N6O. The van der Waals surface area contributed by atoms with Gasteiger partial charge in [0.1, 0.15) is 5.82 Å². The third kappa shape index (κ3) is 3.53. The maximum Gasteiger partial charge on any atom is 0.323 e. The molecule has 150 valence electrons. The van der Waals surface area contributed by atoms with Crippen molar-refractivity contribution in [1.29, 1.82) is 0 Å². The fraction of sp³-hybridized carbons (Fsp3) is 0.130. The third-order valence-electron chi connectivity index (χ3n) is 4.70. The molecule has 0 saturated carbocycles. The zero-order valence-corrected chi connectivity index (χ0v) is 17.0. The number of rotatable bonds is 3. The van der Waals surface area contributed by atoms with Crippen molar-refractivity contribution in [1.82, 2.24) is 24.9 Å². The lowest BCUT2D eigenvalue weighted by Gasteiger charge is -2.10. The molecule has 0 amide bonds. The normalized spacial score (nSPS) is 10.6. The lowest BCUT2D eigenvalue weighted by Crippen LogP contribution is -1.99. The van der Waals surface area contributed by atoms with Gasteiger partial charge < -0.3 is 15.3 Å². The number of aromatic amines is 2. The fourth-order valence-corrected chi connectivity index (χ4v) is 3.33. The molecule has 0 bridgehead atoms. The van der Waals surface area contributed by atoms with Crippen molar-refractivity contribution in [2.45, 2.75) is 13.8 Å². The molecule has 0 radical (unpaired) electrons. The second-order valence-corrected chi connectivity index (χ2v) is 6.46. The van der Waals surface area contributed by atoms with Crippen LogP contribution in [0, 0.1) is 0 Å². The lowest BCUT2D eigenvalue weighted by atomic mass is 10.0. The number of hydrogen-bond donors (Lipinski definition) is 3. The van der Waals surface area contributed by atoms with Crippen molar-refractivity contribution in [3.8, 4) is 22.5 Å². The van der Waals surface area contributed by atoms with Crippen molar-refractivity contribution < 1.29 is 0 Å². The topological polar surface area (TPSA) is 99.3 Å². The minimum Gasteiger partial charge on any atom is -0.373 e.